The molecule has 4 unspecified atom stereocenters. The van der Waals surface area contributed by atoms with E-state index in [2.05, 4.69) is 25.2 Å². The van der Waals surface area contributed by atoms with E-state index in [-0.39, 0.29) is 17.4 Å². The van der Waals surface area contributed by atoms with Crippen LogP contribution in [0.1, 0.15) is 52.4 Å². The molecule has 0 heterocycles. The SMILES string of the molecule is CC1(C)C(O)CC1NC1CCCCCC1C#N. The van der Waals surface area contributed by atoms with Crippen molar-refractivity contribution in [3.8, 4) is 6.07 Å². The van der Waals surface area contributed by atoms with Crippen LogP contribution in [0, 0.1) is 22.7 Å². The smallest absolute Gasteiger partial charge is 0.0672 e. The Balaban J connectivity index is 1.95. The Labute approximate surface area is 104 Å². The van der Waals surface area contributed by atoms with E-state index in [9.17, 15) is 10.4 Å². The average Bonchev–Trinajstić information content (AvgIpc) is 2.53. The molecule has 2 aliphatic carbocycles. The molecule has 2 saturated carbocycles. The first-order valence-corrected chi connectivity index (χ1v) is 6.89. The molecule has 0 spiro atoms. The van der Waals surface area contributed by atoms with Gasteiger partial charge in [0.25, 0.3) is 0 Å². The molecule has 0 saturated heterocycles. The van der Waals surface area contributed by atoms with Crippen LogP contribution >= 0.6 is 0 Å². The fraction of sp³-hybridized carbons (Fsp3) is 0.929. The van der Waals surface area contributed by atoms with E-state index in [0.717, 1.165) is 19.3 Å². The first kappa shape index (κ1) is 12.9. The van der Waals surface area contributed by atoms with Crippen molar-refractivity contribution in [2.75, 3.05) is 0 Å². The Kier molecular flexibility index (Phi) is 3.75. The van der Waals surface area contributed by atoms with E-state index < -0.39 is 0 Å². The lowest BCUT2D eigenvalue weighted by Gasteiger charge is -2.51. The summed E-state index contributed by atoms with van der Waals surface area (Å²) in [4.78, 5) is 0. The molecule has 0 amide bonds. The fourth-order valence-electron chi connectivity index (χ4n) is 3.11. The van der Waals surface area contributed by atoms with Gasteiger partial charge in [-0.05, 0) is 19.3 Å². The van der Waals surface area contributed by atoms with Crippen LogP contribution in [0.5, 0.6) is 0 Å². The molecular formula is C14H24N2O. The van der Waals surface area contributed by atoms with Crippen molar-refractivity contribution < 1.29 is 5.11 Å². The maximum absolute atomic E-state index is 9.75. The number of nitrogens with one attached hydrogen (secondary N) is 1. The van der Waals surface area contributed by atoms with E-state index in [1.807, 2.05) is 0 Å². The van der Waals surface area contributed by atoms with Crippen molar-refractivity contribution in [3.63, 3.8) is 0 Å². The van der Waals surface area contributed by atoms with Gasteiger partial charge in [0, 0.05) is 17.5 Å². The molecule has 17 heavy (non-hydrogen) atoms. The zero-order valence-corrected chi connectivity index (χ0v) is 10.9. The first-order valence-electron chi connectivity index (χ1n) is 6.89. The molecule has 0 aliphatic heterocycles. The number of aliphatic hydroxyl groups excluding tert-OH is 1. The molecule has 0 radical (unpaired) electrons. The summed E-state index contributed by atoms with van der Waals surface area (Å²) in [6, 6.07) is 3.17. The van der Waals surface area contributed by atoms with E-state index in [1.54, 1.807) is 0 Å². The summed E-state index contributed by atoms with van der Waals surface area (Å²) in [5.41, 5.74) is -0.0354. The highest BCUT2D eigenvalue weighted by molar-refractivity contribution is 5.05. The summed E-state index contributed by atoms with van der Waals surface area (Å²) >= 11 is 0. The number of nitriles is 1. The van der Waals surface area contributed by atoms with Gasteiger partial charge in [0.05, 0.1) is 18.1 Å². The van der Waals surface area contributed by atoms with Crippen molar-refractivity contribution in [3.05, 3.63) is 0 Å². The van der Waals surface area contributed by atoms with Crippen LogP contribution in [0.25, 0.3) is 0 Å². The molecular weight excluding hydrogens is 212 g/mol. The van der Waals surface area contributed by atoms with Gasteiger partial charge in [-0.3, -0.25) is 0 Å². The van der Waals surface area contributed by atoms with Gasteiger partial charge in [-0.25, -0.2) is 0 Å². The maximum Gasteiger partial charge on any atom is 0.0672 e. The molecule has 2 N–H and O–H groups in total. The standard InChI is InChI=1S/C14H24N2O/c1-14(2)12(8-13(14)17)16-11-7-5-3-4-6-10(11)9-15/h10-13,16-17H,3-8H2,1-2H3. The molecule has 0 aromatic carbocycles. The maximum atomic E-state index is 9.75. The highest BCUT2D eigenvalue weighted by Gasteiger charge is 2.48. The van der Waals surface area contributed by atoms with Crippen LogP contribution in [0.4, 0.5) is 0 Å². The third-order valence-corrected chi connectivity index (χ3v) is 4.81. The van der Waals surface area contributed by atoms with E-state index in [0.29, 0.717) is 12.1 Å². The zero-order chi connectivity index (χ0) is 12.5. The minimum Gasteiger partial charge on any atom is -0.392 e. The number of rotatable bonds is 2. The Morgan fingerprint density at radius 2 is 1.94 bits per heavy atom. The molecule has 2 aliphatic rings. The van der Waals surface area contributed by atoms with E-state index in [4.69, 9.17) is 0 Å². The Bertz CT molecular complexity index is 308. The van der Waals surface area contributed by atoms with Crippen molar-refractivity contribution in [2.24, 2.45) is 11.3 Å². The van der Waals surface area contributed by atoms with Crippen molar-refractivity contribution in [2.45, 2.75) is 70.6 Å². The van der Waals surface area contributed by atoms with Gasteiger partial charge in [-0.1, -0.05) is 33.1 Å². The summed E-state index contributed by atoms with van der Waals surface area (Å²) in [5, 5.41) is 22.6. The van der Waals surface area contributed by atoms with Gasteiger partial charge in [0.2, 0.25) is 0 Å². The van der Waals surface area contributed by atoms with Crippen LogP contribution in [0.2, 0.25) is 0 Å². The lowest BCUT2D eigenvalue weighted by molar-refractivity contribution is -0.0773. The van der Waals surface area contributed by atoms with Crippen molar-refractivity contribution in [1.82, 2.24) is 5.32 Å². The third-order valence-electron chi connectivity index (χ3n) is 4.81. The molecule has 2 fully saturated rings. The largest absolute Gasteiger partial charge is 0.392 e. The highest BCUT2D eigenvalue weighted by atomic mass is 16.3. The first-order chi connectivity index (χ1) is 8.05. The third kappa shape index (κ3) is 2.48. The molecule has 0 bridgehead atoms. The quantitative estimate of drug-likeness (QED) is 0.723. The van der Waals surface area contributed by atoms with Crippen LogP contribution in [0.15, 0.2) is 0 Å². The van der Waals surface area contributed by atoms with E-state index in [1.165, 1.54) is 19.3 Å². The summed E-state index contributed by atoms with van der Waals surface area (Å²) in [5.74, 6) is 0.158. The molecule has 3 nitrogen and oxygen atoms in total. The average molecular weight is 236 g/mol. The lowest BCUT2D eigenvalue weighted by atomic mass is 9.64. The van der Waals surface area contributed by atoms with E-state index >= 15 is 0 Å². The monoisotopic (exact) mass is 236 g/mol. The van der Waals surface area contributed by atoms with Crippen LogP contribution in [-0.4, -0.2) is 23.3 Å². The molecule has 0 aromatic rings. The minimum absolute atomic E-state index is 0.0354. The van der Waals surface area contributed by atoms with Gasteiger partial charge >= 0.3 is 0 Å². The second kappa shape index (κ2) is 4.96. The van der Waals surface area contributed by atoms with Crippen LogP contribution in [-0.2, 0) is 0 Å². The van der Waals surface area contributed by atoms with Gasteiger partial charge in [-0.2, -0.15) is 5.26 Å². The van der Waals surface area contributed by atoms with Gasteiger partial charge in [-0.15, -0.1) is 0 Å². The Morgan fingerprint density at radius 1 is 1.24 bits per heavy atom. The van der Waals surface area contributed by atoms with Crippen molar-refractivity contribution in [1.29, 1.82) is 5.26 Å². The van der Waals surface area contributed by atoms with Crippen LogP contribution < -0.4 is 5.32 Å². The molecule has 96 valence electrons. The summed E-state index contributed by atoms with van der Waals surface area (Å²) < 4.78 is 0. The summed E-state index contributed by atoms with van der Waals surface area (Å²) in [7, 11) is 0. The second-order valence-corrected chi connectivity index (χ2v) is 6.27. The predicted molar refractivity (Wildman–Crippen MR) is 67.3 cm³/mol. The molecule has 2 rings (SSSR count). The Morgan fingerprint density at radius 3 is 2.53 bits per heavy atom. The predicted octanol–water partition coefficient (Wildman–Crippen LogP) is 2.21. The zero-order valence-electron chi connectivity index (χ0n) is 10.9. The molecule has 0 aromatic heterocycles. The van der Waals surface area contributed by atoms with Gasteiger partial charge in [0.1, 0.15) is 0 Å². The van der Waals surface area contributed by atoms with Crippen molar-refractivity contribution >= 4 is 0 Å². The number of nitrogens with zero attached hydrogens (tertiary/aromatic N) is 1. The number of aliphatic hydroxyl groups is 1. The number of hydrogen-bond acceptors (Lipinski definition) is 3. The number of hydrogen-bond donors (Lipinski definition) is 2. The van der Waals surface area contributed by atoms with Gasteiger partial charge in [0.15, 0.2) is 0 Å². The fourth-order valence-corrected chi connectivity index (χ4v) is 3.11. The molecule has 3 heteroatoms. The van der Waals surface area contributed by atoms with Gasteiger partial charge < -0.3 is 10.4 Å². The second-order valence-electron chi connectivity index (χ2n) is 6.27. The Hall–Kier alpha value is -0.590. The highest BCUT2D eigenvalue weighted by Crippen LogP contribution is 2.41. The summed E-state index contributed by atoms with van der Waals surface area (Å²) in [6.45, 7) is 4.22. The topological polar surface area (TPSA) is 56.0 Å². The minimum atomic E-state index is -0.189. The normalized spacial score (nSPS) is 41.1. The molecule has 4 atom stereocenters. The lowest BCUT2D eigenvalue weighted by Crippen LogP contribution is -2.62. The summed E-state index contributed by atoms with van der Waals surface area (Å²) in [6.07, 6.45) is 6.46. The van der Waals surface area contributed by atoms with Crippen LogP contribution in [0.3, 0.4) is 0 Å².